The molecule has 1 aromatic heterocycles. The van der Waals surface area contributed by atoms with Crippen molar-refractivity contribution in [3.63, 3.8) is 0 Å². The van der Waals surface area contributed by atoms with Crippen LogP contribution in [0.25, 0.3) is 0 Å². The molecule has 162 valence electrons. The third kappa shape index (κ3) is 4.92. The first-order valence-corrected chi connectivity index (χ1v) is 9.80. The zero-order chi connectivity index (χ0) is 21.7. The van der Waals surface area contributed by atoms with Crippen LogP contribution in [0.1, 0.15) is 24.2 Å². The monoisotopic (exact) mass is 417 g/mol. The van der Waals surface area contributed by atoms with Crippen molar-refractivity contribution >= 4 is 17.5 Å². The zero-order valence-electron chi connectivity index (χ0n) is 17.3. The van der Waals surface area contributed by atoms with Crippen molar-refractivity contribution in [2.75, 3.05) is 32.1 Å². The number of hydrogen-bond acceptors (Lipinski definition) is 8. The summed E-state index contributed by atoms with van der Waals surface area (Å²) in [6, 6.07) is 4.62. The number of tetrazole rings is 1. The molecule has 0 bridgehead atoms. The van der Waals surface area contributed by atoms with Gasteiger partial charge in [0.15, 0.2) is 0 Å². The van der Waals surface area contributed by atoms with Crippen LogP contribution < -0.4 is 15.4 Å². The molecule has 3 rings (SSSR count). The Morgan fingerprint density at radius 2 is 2.23 bits per heavy atom. The summed E-state index contributed by atoms with van der Waals surface area (Å²) >= 11 is 0. The second kappa shape index (κ2) is 9.63. The minimum atomic E-state index is -0.348. The number of anilines is 1. The van der Waals surface area contributed by atoms with Gasteiger partial charge >= 0.3 is 0 Å². The third-order valence-corrected chi connectivity index (χ3v) is 5.05. The quantitative estimate of drug-likeness (QED) is 0.561. The minimum absolute atomic E-state index is 0.0516. The Morgan fingerprint density at radius 3 is 2.90 bits per heavy atom. The summed E-state index contributed by atoms with van der Waals surface area (Å²) in [7, 11) is 1.85. The lowest BCUT2D eigenvalue weighted by molar-refractivity contribution is -0.116. The van der Waals surface area contributed by atoms with Crippen LogP contribution in [0.15, 0.2) is 24.5 Å². The van der Waals surface area contributed by atoms with E-state index in [0.29, 0.717) is 30.1 Å². The van der Waals surface area contributed by atoms with Gasteiger partial charge in [-0.1, -0.05) is 6.92 Å². The molecule has 0 spiro atoms. The van der Waals surface area contributed by atoms with Crippen LogP contribution in [0, 0.1) is 5.92 Å². The van der Waals surface area contributed by atoms with E-state index in [-0.39, 0.29) is 43.0 Å². The van der Waals surface area contributed by atoms with Gasteiger partial charge in [0.25, 0.3) is 5.91 Å². The first-order chi connectivity index (χ1) is 14.4. The van der Waals surface area contributed by atoms with Crippen LogP contribution in [0.4, 0.5) is 5.69 Å². The number of likely N-dealkylation sites (N-methyl/N-ethyl adjacent to an activating group) is 1. The Hall–Kier alpha value is -3.05. The van der Waals surface area contributed by atoms with E-state index in [1.54, 1.807) is 30.0 Å². The van der Waals surface area contributed by atoms with Crippen molar-refractivity contribution in [2.24, 2.45) is 5.92 Å². The minimum Gasteiger partial charge on any atom is -0.488 e. The molecule has 2 amide bonds. The molecule has 1 aromatic carbocycles. The second-order valence-electron chi connectivity index (χ2n) is 7.45. The normalized spacial score (nSPS) is 20.0. The van der Waals surface area contributed by atoms with Gasteiger partial charge in [-0.2, -0.15) is 0 Å². The van der Waals surface area contributed by atoms with E-state index in [1.807, 2.05) is 14.0 Å². The van der Waals surface area contributed by atoms with Gasteiger partial charge in [0, 0.05) is 24.7 Å². The standard InChI is InChI=1S/C19H27N7O4/c1-12-8-26(13(2)10-27)19(29)15-6-14(4-5-16(15)30-17(12)7-20-3)22-18(28)9-25-11-21-23-24-25/h4-6,11-13,17,20,27H,7-10H2,1-3H3,(H,22,28)/t12-,13+,17+/m0/s1. The highest BCUT2D eigenvalue weighted by atomic mass is 16.5. The van der Waals surface area contributed by atoms with E-state index in [9.17, 15) is 14.7 Å². The van der Waals surface area contributed by atoms with Crippen LogP contribution >= 0.6 is 0 Å². The van der Waals surface area contributed by atoms with Crippen molar-refractivity contribution in [3.05, 3.63) is 30.1 Å². The molecule has 11 heteroatoms. The third-order valence-electron chi connectivity index (χ3n) is 5.05. The lowest BCUT2D eigenvalue weighted by Crippen LogP contribution is -2.49. The van der Waals surface area contributed by atoms with Crippen LogP contribution in [-0.2, 0) is 11.3 Å². The van der Waals surface area contributed by atoms with E-state index in [2.05, 4.69) is 26.2 Å². The molecule has 1 aliphatic rings. The first kappa shape index (κ1) is 21.7. The Morgan fingerprint density at radius 1 is 1.43 bits per heavy atom. The Kier molecular flexibility index (Phi) is 6.95. The van der Waals surface area contributed by atoms with Gasteiger partial charge in [-0.05, 0) is 42.6 Å². The van der Waals surface area contributed by atoms with Gasteiger partial charge in [-0.25, -0.2) is 4.68 Å². The molecular weight excluding hydrogens is 390 g/mol. The van der Waals surface area contributed by atoms with E-state index >= 15 is 0 Å². The highest BCUT2D eigenvalue weighted by molar-refractivity contribution is 5.99. The molecule has 2 aromatic rings. The molecular formula is C19H27N7O4. The van der Waals surface area contributed by atoms with E-state index in [4.69, 9.17) is 4.74 Å². The predicted molar refractivity (Wildman–Crippen MR) is 108 cm³/mol. The number of nitrogens with zero attached hydrogens (tertiary/aromatic N) is 5. The molecule has 3 N–H and O–H groups in total. The number of carbonyl (C=O) groups excluding carboxylic acids is 2. The van der Waals surface area contributed by atoms with Crippen molar-refractivity contribution in [1.82, 2.24) is 30.4 Å². The van der Waals surface area contributed by atoms with Gasteiger partial charge in [0.05, 0.1) is 18.2 Å². The van der Waals surface area contributed by atoms with Crippen LogP contribution in [0.2, 0.25) is 0 Å². The molecule has 0 saturated carbocycles. The van der Waals surface area contributed by atoms with Gasteiger partial charge in [-0.3, -0.25) is 9.59 Å². The maximum atomic E-state index is 13.3. The molecule has 1 aliphatic heterocycles. The molecule has 0 fully saturated rings. The number of aromatic nitrogens is 4. The van der Waals surface area contributed by atoms with Gasteiger partial charge < -0.3 is 25.4 Å². The summed E-state index contributed by atoms with van der Waals surface area (Å²) < 4.78 is 7.45. The average Bonchev–Trinajstić information content (AvgIpc) is 3.23. The number of aliphatic hydroxyl groups is 1. The molecule has 0 aliphatic carbocycles. The van der Waals surface area contributed by atoms with Crippen molar-refractivity contribution < 1.29 is 19.4 Å². The highest BCUT2D eigenvalue weighted by Gasteiger charge is 2.32. The van der Waals surface area contributed by atoms with E-state index in [0.717, 1.165) is 0 Å². The summed E-state index contributed by atoms with van der Waals surface area (Å²) in [6.07, 6.45) is 1.19. The number of carbonyl (C=O) groups is 2. The molecule has 2 heterocycles. The number of ether oxygens (including phenoxy) is 1. The molecule has 3 atom stereocenters. The first-order valence-electron chi connectivity index (χ1n) is 9.80. The molecule has 0 saturated heterocycles. The number of nitrogens with one attached hydrogen (secondary N) is 2. The number of fused-ring (bicyclic) bond motifs is 1. The maximum Gasteiger partial charge on any atom is 0.258 e. The number of benzene rings is 1. The molecule has 11 nitrogen and oxygen atoms in total. The summed E-state index contributed by atoms with van der Waals surface area (Å²) in [4.78, 5) is 27.2. The van der Waals surface area contributed by atoms with Crippen molar-refractivity contribution in [3.8, 4) is 5.75 Å². The summed E-state index contributed by atoms with van der Waals surface area (Å²) in [5, 5.41) is 26.2. The summed E-state index contributed by atoms with van der Waals surface area (Å²) in [5.41, 5.74) is 0.794. The van der Waals surface area contributed by atoms with Crippen LogP contribution in [0.5, 0.6) is 5.75 Å². The molecule has 0 unspecified atom stereocenters. The Bertz CT molecular complexity index is 874. The fourth-order valence-electron chi connectivity index (χ4n) is 3.35. The lowest BCUT2D eigenvalue weighted by Gasteiger charge is -2.37. The largest absolute Gasteiger partial charge is 0.488 e. The number of aliphatic hydroxyl groups excluding tert-OH is 1. The summed E-state index contributed by atoms with van der Waals surface area (Å²) in [5.74, 6) is -0.0822. The number of rotatable bonds is 7. The Balaban J connectivity index is 1.89. The van der Waals surface area contributed by atoms with Crippen molar-refractivity contribution in [2.45, 2.75) is 32.5 Å². The number of hydrogen-bond donors (Lipinski definition) is 3. The second-order valence-corrected chi connectivity index (χ2v) is 7.45. The average molecular weight is 417 g/mol. The lowest BCUT2D eigenvalue weighted by atomic mass is 9.99. The van der Waals surface area contributed by atoms with Crippen molar-refractivity contribution in [1.29, 1.82) is 0 Å². The molecule has 30 heavy (non-hydrogen) atoms. The van der Waals surface area contributed by atoms with Gasteiger partial charge in [0.2, 0.25) is 5.91 Å². The molecule has 0 radical (unpaired) electrons. The van der Waals surface area contributed by atoms with E-state index < -0.39 is 0 Å². The van der Waals surface area contributed by atoms with Gasteiger partial charge in [0.1, 0.15) is 24.7 Å². The van der Waals surface area contributed by atoms with E-state index in [1.165, 1.54) is 11.0 Å². The SMILES string of the molecule is CNC[C@H]1Oc2ccc(NC(=O)Cn3cnnn3)cc2C(=O)N([C@H](C)CO)C[C@@H]1C. The fourth-order valence-corrected chi connectivity index (χ4v) is 3.35. The predicted octanol–water partition coefficient (Wildman–Crippen LogP) is -0.249. The zero-order valence-corrected chi connectivity index (χ0v) is 17.3. The topological polar surface area (TPSA) is 134 Å². The summed E-state index contributed by atoms with van der Waals surface area (Å²) in [6.45, 7) is 4.68. The maximum absolute atomic E-state index is 13.3. The van der Waals surface area contributed by atoms with Gasteiger partial charge in [-0.15, -0.1) is 5.10 Å². The number of amides is 2. The Labute approximate surface area is 174 Å². The smallest absolute Gasteiger partial charge is 0.258 e. The fraction of sp³-hybridized carbons (Fsp3) is 0.526. The highest BCUT2D eigenvalue weighted by Crippen LogP contribution is 2.30. The van der Waals surface area contributed by atoms with Crippen LogP contribution in [-0.4, -0.2) is 80.9 Å². The van der Waals surface area contributed by atoms with Crippen LogP contribution in [0.3, 0.4) is 0 Å².